The number of carbonyl (C=O) groups is 1. The minimum absolute atomic E-state index is 0.283. The van der Waals surface area contributed by atoms with Crippen LogP contribution in [0.5, 0.6) is 0 Å². The lowest BCUT2D eigenvalue weighted by Crippen LogP contribution is -2.03. The molecule has 0 unspecified atom stereocenters. The van der Waals surface area contributed by atoms with Gasteiger partial charge in [-0.25, -0.2) is 9.78 Å². The van der Waals surface area contributed by atoms with Gasteiger partial charge in [0.05, 0.1) is 11.9 Å². The van der Waals surface area contributed by atoms with Crippen molar-refractivity contribution in [1.82, 2.24) is 9.55 Å². The van der Waals surface area contributed by atoms with Crippen molar-refractivity contribution >= 4 is 5.97 Å². The predicted octanol–water partition coefficient (Wildman–Crippen LogP) is 2.69. The molecule has 0 radical (unpaired) electrons. The van der Waals surface area contributed by atoms with E-state index in [4.69, 9.17) is 5.11 Å². The van der Waals surface area contributed by atoms with Crippen LogP contribution in [0.1, 0.15) is 35.8 Å². The van der Waals surface area contributed by atoms with E-state index in [1.54, 1.807) is 30.7 Å². The van der Waals surface area contributed by atoms with Crippen LogP contribution in [0.4, 0.5) is 0 Å². The normalized spacial score (nSPS) is 10.8. The summed E-state index contributed by atoms with van der Waals surface area (Å²) in [5, 5.41) is 8.96. The van der Waals surface area contributed by atoms with E-state index < -0.39 is 5.97 Å². The Balaban J connectivity index is 2.49. The first-order valence-electron chi connectivity index (χ1n) is 5.45. The Kier molecular flexibility index (Phi) is 2.95. The van der Waals surface area contributed by atoms with Crippen LogP contribution in [0.25, 0.3) is 5.69 Å². The molecule has 1 aromatic heterocycles. The predicted molar refractivity (Wildman–Crippen MR) is 64.6 cm³/mol. The zero-order chi connectivity index (χ0) is 12.4. The lowest BCUT2D eigenvalue weighted by molar-refractivity contribution is 0.0697. The number of benzene rings is 1. The van der Waals surface area contributed by atoms with Crippen molar-refractivity contribution in [2.24, 2.45) is 0 Å². The summed E-state index contributed by atoms with van der Waals surface area (Å²) in [6.45, 7) is 4.16. The molecule has 0 spiro atoms. The minimum Gasteiger partial charge on any atom is -0.478 e. The van der Waals surface area contributed by atoms with Gasteiger partial charge in [0.15, 0.2) is 0 Å². The number of carboxylic acid groups (broad SMARTS) is 1. The van der Waals surface area contributed by atoms with Gasteiger partial charge in [0.1, 0.15) is 0 Å². The lowest BCUT2D eigenvalue weighted by atomic mass is 10.1. The highest BCUT2D eigenvalue weighted by Crippen LogP contribution is 2.19. The van der Waals surface area contributed by atoms with Crippen LogP contribution in [0, 0.1) is 0 Å². The van der Waals surface area contributed by atoms with E-state index in [1.807, 2.05) is 10.6 Å². The van der Waals surface area contributed by atoms with Crippen molar-refractivity contribution in [1.29, 1.82) is 0 Å². The quantitative estimate of drug-likeness (QED) is 0.882. The molecule has 88 valence electrons. The Morgan fingerprint density at radius 1 is 1.41 bits per heavy atom. The largest absolute Gasteiger partial charge is 0.478 e. The lowest BCUT2D eigenvalue weighted by Gasteiger charge is -2.11. The van der Waals surface area contributed by atoms with Crippen LogP contribution in [0.2, 0.25) is 0 Å². The molecule has 0 saturated carbocycles. The fraction of sp³-hybridized carbons (Fsp3) is 0.231. The first-order valence-corrected chi connectivity index (χ1v) is 5.45. The second-order valence-electron chi connectivity index (χ2n) is 4.20. The topological polar surface area (TPSA) is 55.1 Å². The summed E-state index contributed by atoms with van der Waals surface area (Å²) in [4.78, 5) is 15.0. The fourth-order valence-electron chi connectivity index (χ4n) is 1.74. The molecule has 1 heterocycles. The maximum atomic E-state index is 10.9. The van der Waals surface area contributed by atoms with Gasteiger partial charge >= 0.3 is 5.97 Å². The van der Waals surface area contributed by atoms with Crippen LogP contribution < -0.4 is 0 Å². The second kappa shape index (κ2) is 4.41. The van der Waals surface area contributed by atoms with Crippen molar-refractivity contribution in [3.8, 4) is 5.69 Å². The van der Waals surface area contributed by atoms with E-state index in [0.717, 1.165) is 11.4 Å². The van der Waals surface area contributed by atoms with Crippen molar-refractivity contribution in [3.63, 3.8) is 0 Å². The molecule has 4 heteroatoms. The molecular formula is C13H14N2O2. The smallest absolute Gasteiger partial charge is 0.335 e. The third kappa shape index (κ3) is 2.20. The van der Waals surface area contributed by atoms with Gasteiger partial charge in [-0.05, 0) is 24.1 Å². The molecule has 1 aromatic carbocycles. The van der Waals surface area contributed by atoms with Crippen molar-refractivity contribution in [2.45, 2.75) is 19.8 Å². The van der Waals surface area contributed by atoms with Crippen LogP contribution in [0.3, 0.4) is 0 Å². The first-order chi connectivity index (χ1) is 8.09. The summed E-state index contributed by atoms with van der Waals surface area (Å²) in [5.74, 6) is -0.580. The third-order valence-electron chi connectivity index (χ3n) is 2.63. The highest BCUT2D eigenvalue weighted by atomic mass is 16.4. The number of nitrogens with zero attached hydrogens (tertiary/aromatic N) is 2. The van der Waals surface area contributed by atoms with Crippen molar-refractivity contribution in [3.05, 3.63) is 48.0 Å². The average Bonchev–Trinajstić information content (AvgIpc) is 2.78. The van der Waals surface area contributed by atoms with Crippen LogP contribution in [-0.4, -0.2) is 20.6 Å². The zero-order valence-corrected chi connectivity index (χ0v) is 9.79. The minimum atomic E-state index is -0.918. The number of hydrogen-bond acceptors (Lipinski definition) is 2. The molecule has 17 heavy (non-hydrogen) atoms. The molecule has 0 saturated heterocycles. The van der Waals surface area contributed by atoms with E-state index in [2.05, 4.69) is 18.8 Å². The molecular weight excluding hydrogens is 216 g/mol. The molecule has 0 aliphatic carbocycles. The summed E-state index contributed by atoms with van der Waals surface area (Å²) < 4.78 is 1.91. The van der Waals surface area contributed by atoms with Crippen molar-refractivity contribution < 1.29 is 9.90 Å². The molecule has 0 fully saturated rings. The number of hydrogen-bond donors (Lipinski definition) is 1. The molecule has 1 N–H and O–H groups in total. The van der Waals surface area contributed by atoms with Gasteiger partial charge in [0, 0.05) is 17.6 Å². The Morgan fingerprint density at radius 2 is 2.18 bits per heavy atom. The standard InChI is InChI=1S/C13H14N2O2/c1-9(2)12-7-14-8-15(12)11-5-3-4-10(6-11)13(16)17/h3-9H,1-2H3,(H,16,17). The van der Waals surface area contributed by atoms with E-state index in [9.17, 15) is 4.79 Å². The molecule has 4 nitrogen and oxygen atoms in total. The number of carboxylic acids is 1. The Labute approximate surface area is 99.5 Å². The molecule has 0 bridgehead atoms. The van der Waals surface area contributed by atoms with Gasteiger partial charge in [-0.1, -0.05) is 19.9 Å². The van der Waals surface area contributed by atoms with E-state index in [-0.39, 0.29) is 5.56 Å². The maximum Gasteiger partial charge on any atom is 0.335 e. The van der Waals surface area contributed by atoms with Crippen LogP contribution in [-0.2, 0) is 0 Å². The second-order valence-corrected chi connectivity index (χ2v) is 4.20. The van der Waals surface area contributed by atoms with Gasteiger partial charge in [0.2, 0.25) is 0 Å². The van der Waals surface area contributed by atoms with Crippen LogP contribution in [0.15, 0.2) is 36.8 Å². The van der Waals surface area contributed by atoms with E-state index in [0.29, 0.717) is 5.92 Å². The highest BCUT2D eigenvalue weighted by molar-refractivity contribution is 5.88. The zero-order valence-electron chi connectivity index (χ0n) is 9.79. The number of aromatic carboxylic acids is 1. The first kappa shape index (κ1) is 11.4. The Hall–Kier alpha value is -2.10. The summed E-state index contributed by atoms with van der Waals surface area (Å²) >= 11 is 0. The summed E-state index contributed by atoms with van der Waals surface area (Å²) in [6.07, 6.45) is 3.51. The molecule has 2 aromatic rings. The van der Waals surface area contributed by atoms with Gasteiger partial charge < -0.3 is 9.67 Å². The van der Waals surface area contributed by atoms with Gasteiger partial charge in [-0.15, -0.1) is 0 Å². The molecule has 0 amide bonds. The van der Waals surface area contributed by atoms with Gasteiger partial charge in [-0.3, -0.25) is 0 Å². The summed E-state index contributed by atoms with van der Waals surface area (Å²) in [7, 11) is 0. The Morgan fingerprint density at radius 3 is 2.82 bits per heavy atom. The maximum absolute atomic E-state index is 10.9. The monoisotopic (exact) mass is 230 g/mol. The summed E-state index contributed by atoms with van der Waals surface area (Å²) in [6, 6.07) is 6.84. The molecule has 0 aliphatic heterocycles. The van der Waals surface area contributed by atoms with Gasteiger partial charge in [0.25, 0.3) is 0 Å². The third-order valence-corrected chi connectivity index (χ3v) is 2.63. The average molecular weight is 230 g/mol. The number of rotatable bonds is 3. The van der Waals surface area contributed by atoms with Crippen molar-refractivity contribution in [2.75, 3.05) is 0 Å². The molecule has 2 rings (SSSR count). The number of aromatic nitrogens is 2. The van der Waals surface area contributed by atoms with Crippen LogP contribution >= 0.6 is 0 Å². The molecule has 0 atom stereocenters. The molecule has 0 aliphatic rings. The Bertz CT molecular complexity index is 544. The van der Waals surface area contributed by atoms with Gasteiger partial charge in [-0.2, -0.15) is 0 Å². The van der Waals surface area contributed by atoms with E-state index in [1.165, 1.54) is 0 Å². The fourth-order valence-corrected chi connectivity index (χ4v) is 1.74. The highest BCUT2D eigenvalue weighted by Gasteiger charge is 2.09. The summed E-state index contributed by atoms with van der Waals surface area (Å²) in [5.41, 5.74) is 2.17. The number of imidazole rings is 1. The van der Waals surface area contributed by atoms with E-state index >= 15 is 0 Å². The SMILES string of the molecule is CC(C)c1cncn1-c1cccc(C(=O)O)c1.